The van der Waals surface area contributed by atoms with Crippen LogP contribution in [0.25, 0.3) is 0 Å². The summed E-state index contributed by atoms with van der Waals surface area (Å²) >= 11 is 0. The Kier molecular flexibility index (Phi) is 2.38. The summed E-state index contributed by atoms with van der Waals surface area (Å²) in [5, 5.41) is 0. The Bertz CT molecular complexity index is 230. The molecule has 1 aliphatic rings. The molecule has 12 heavy (non-hydrogen) atoms. The molecule has 0 aromatic carbocycles. The van der Waals surface area contributed by atoms with E-state index >= 15 is 0 Å². The number of nitrogens with two attached hydrogens (primary N) is 1. The first-order valence-electron chi connectivity index (χ1n) is 4.44. The van der Waals surface area contributed by atoms with Gasteiger partial charge in [-0.05, 0) is 24.8 Å². The molecule has 0 amide bonds. The van der Waals surface area contributed by atoms with E-state index in [0.717, 1.165) is 12.0 Å². The molecule has 1 aliphatic carbocycles. The lowest BCUT2D eigenvalue weighted by Crippen LogP contribution is -2.48. The van der Waals surface area contributed by atoms with Gasteiger partial charge in [0.15, 0.2) is 5.78 Å². The fraction of sp³-hybridized carbons (Fsp3) is 0.700. The van der Waals surface area contributed by atoms with Crippen molar-refractivity contribution in [1.82, 2.24) is 0 Å². The van der Waals surface area contributed by atoms with Crippen molar-refractivity contribution in [3.63, 3.8) is 0 Å². The van der Waals surface area contributed by atoms with Crippen LogP contribution in [0.5, 0.6) is 0 Å². The minimum atomic E-state index is -0.295. The highest BCUT2D eigenvalue weighted by Gasteiger charge is 2.33. The monoisotopic (exact) mass is 167 g/mol. The highest BCUT2D eigenvalue weighted by molar-refractivity contribution is 5.96. The summed E-state index contributed by atoms with van der Waals surface area (Å²) in [4.78, 5) is 11.4. The Balaban J connectivity index is 2.83. The highest BCUT2D eigenvalue weighted by Crippen LogP contribution is 2.28. The summed E-state index contributed by atoms with van der Waals surface area (Å²) < 4.78 is 0. The zero-order valence-electron chi connectivity index (χ0n) is 8.05. The summed E-state index contributed by atoms with van der Waals surface area (Å²) in [7, 11) is 0. The third-order valence-electron chi connectivity index (χ3n) is 2.87. The van der Waals surface area contributed by atoms with Crippen molar-refractivity contribution in [2.24, 2.45) is 11.7 Å². The zero-order valence-corrected chi connectivity index (χ0v) is 8.05. The van der Waals surface area contributed by atoms with Gasteiger partial charge in [-0.2, -0.15) is 0 Å². The molecule has 0 fully saturated rings. The van der Waals surface area contributed by atoms with E-state index in [-0.39, 0.29) is 11.3 Å². The van der Waals surface area contributed by atoms with E-state index in [1.807, 2.05) is 13.0 Å². The van der Waals surface area contributed by atoms with Crippen molar-refractivity contribution < 1.29 is 4.79 Å². The van der Waals surface area contributed by atoms with E-state index in [0.29, 0.717) is 12.3 Å². The van der Waals surface area contributed by atoms with Crippen LogP contribution < -0.4 is 5.73 Å². The molecule has 0 aliphatic heterocycles. The minimum Gasteiger partial charge on any atom is -0.324 e. The number of allylic oxidation sites excluding steroid dienone is 1. The molecule has 68 valence electrons. The number of carbonyl (C=O) groups is 1. The van der Waals surface area contributed by atoms with Crippen LogP contribution in [0.1, 0.15) is 33.6 Å². The number of hydrogen-bond donors (Lipinski definition) is 1. The van der Waals surface area contributed by atoms with Crippen LogP contribution in [0.3, 0.4) is 0 Å². The van der Waals surface area contributed by atoms with Gasteiger partial charge in [0.1, 0.15) is 0 Å². The molecule has 0 aromatic heterocycles. The van der Waals surface area contributed by atoms with Crippen molar-refractivity contribution in [1.29, 1.82) is 0 Å². The van der Waals surface area contributed by atoms with Crippen LogP contribution >= 0.6 is 0 Å². The van der Waals surface area contributed by atoms with Crippen LogP contribution in [-0.2, 0) is 4.79 Å². The summed E-state index contributed by atoms with van der Waals surface area (Å²) in [5.41, 5.74) is 6.67. The lowest BCUT2D eigenvalue weighted by molar-refractivity contribution is -0.117. The molecule has 1 rings (SSSR count). The largest absolute Gasteiger partial charge is 0.324 e. The maximum Gasteiger partial charge on any atom is 0.160 e. The van der Waals surface area contributed by atoms with Crippen LogP contribution in [0, 0.1) is 5.92 Å². The standard InChI is InChI=1S/C10H17NO/c1-7(2)10(11)5-4-8(3)9(12)6-10/h4,7H,5-6,11H2,1-3H3. The van der Waals surface area contributed by atoms with E-state index in [4.69, 9.17) is 5.73 Å². The van der Waals surface area contributed by atoms with Gasteiger partial charge in [-0.15, -0.1) is 0 Å². The first kappa shape index (κ1) is 9.46. The van der Waals surface area contributed by atoms with Crippen LogP contribution in [0.2, 0.25) is 0 Å². The average molecular weight is 167 g/mol. The number of Topliss-reactive ketones (excluding diaryl/α,β-unsaturated/α-hetero) is 1. The third-order valence-corrected chi connectivity index (χ3v) is 2.87. The first-order chi connectivity index (χ1) is 5.46. The number of hydrogen-bond acceptors (Lipinski definition) is 2. The second kappa shape index (κ2) is 3.02. The predicted molar refractivity (Wildman–Crippen MR) is 49.8 cm³/mol. The van der Waals surface area contributed by atoms with Gasteiger partial charge in [-0.25, -0.2) is 0 Å². The van der Waals surface area contributed by atoms with Gasteiger partial charge in [0.2, 0.25) is 0 Å². The predicted octanol–water partition coefficient (Wildman–Crippen LogP) is 1.65. The van der Waals surface area contributed by atoms with Crippen LogP contribution in [-0.4, -0.2) is 11.3 Å². The number of rotatable bonds is 1. The molecule has 0 saturated carbocycles. The molecule has 0 radical (unpaired) electrons. The lowest BCUT2D eigenvalue weighted by Gasteiger charge is -2.35. The molecule has 1 unspecified atom stereocenters. The normalized spacial score (nSPS) is 30.8. The second-order valence-corrected chi connectivity index (χ2v) is 4.08. The van der Waals surface area contributed by atoms with E-state index in [9.17, 15) is 4.79 Å². The lowest BCUT2D eigenvalue weighted by atomic mass is 9.75. The Morgan fingerprint density at radius 2 is 2.17 bits per heavy atom. The summed E-state index contributed by atoms with van der Waals surface area (Å²) in [6, 6.07) is 0. The Labute approximate surface area is 73.8 Å². The molecule has 2 N–H and O–H groups in total. The quantitative estimate of drug-likeness (QED) is 0.645. The van der Waals surface area contributed by atoms with Crippen LogP contribution in [0.4, 0.5) is 0 Å². The molecule has 0 saturated heterocycles. The molecule has 0 heterocycles. The smallest absolute Gasteiger partial charge is 0.160 e. The Morgan fingerprint density at radius 1 is 1.58 bits per heavy atom. The van der Waals surface area contributed by atoms with E-state index in [1.54, 1.807) is 0 Å². The van der Waals surface area contributed by atoms with Gasteiger partial charge < -0.3 is 5.73 Å². The fourth-order valence-corrected chi connectivity index (χ4v) is 1.41. The first-order valence-corrected chi connectivity index (χ1v) is 4.44. The molecule has 2 nitrogen and oxygen atoms in total. The Hall–Kier alpha value is -0.630. The molecule has 0 bridgehead atoms. The van der Waals surface area contributed by atoms with E-state index < -0.39 is 0 Å². The highest BCUT2D eigenvalue weighted by atomic mass is 16.1. The van der Waals surface area contributed by atoms with E-state index in [1.165, 1.54) is 0 Å². The van der Waals surface area contributed by atoms with Crippen molar-refractivity contribution in [3.05, 3.63) is 11.6 Å². The number of ketones is 1. The van der Waals surface area contributed by atoms with Crippen molar-refractivity contribution in [3.8, 4) is 0 Å². The number of carbonyl (C=O) groups excluding carboxylic acids is 1. The fourth-order valence-electron chi connectivity index (χ4n) is 1.41. The zero-order chi connectivity index (χ0) is 9.35. The van der Waals surface area contributed by atoms with Crippen molar-refractivity contribution >= 4 is 5.78 Å². The summed E-state index contributed by atoms with van der Waals surface area (Å²) in [5.74, 6) is 0.572. The summed E-state index contributed by atoms with van der Waals surface area (Å²) in [6.45, 7) is 6.01. The SMILES string of the molecule is CC1=CCC(N)(C(C)C)CC1=O. The summed E-state index contributed by atoms with van der Waals surface area (Å²) in [6.07, 6.45) is 3.31. The molecular weight excluding hydrogens is 150 g/mol. The minimum absolute atomic E-state index is 0.206. The second-order valence-electron chi connectivity index (χ2n) is 4.08. The van der Waals surface area contributed by atoms with Crippen molar-refractivity contribution in [2.45, 2.75) is 39.2 Å². The average Bonchev–Trinajstić information content (AvgIpc) is 1.97. The Morgan fingerprint density at radius 3 is 2.58 bits per heavy atom. The topological polar surface area (TPSA) is 43.1 Å². The maximum absolute atomic E-state index is 11.4. The van der Waals surface area contributed by atoms with Crippen molar-refractivity contribution in [2.75, 3.05) is 0 Å². The van der Waals surface area contributed by atoms with Gasteiger partial charge in [0.25, 0.3) is 0 Å². The van der Waals surface area contributed by atoms with Gasteiger partial charge in [0, 0.05) is 12.0 Å². The molecular formula is C10H17NO. The van der Waals surface area contributed by atoms with Gasteiger partial charge in [-0.3, -0.25) is 4.79 Å². The molecule has 0 aromatic rings. The molecule has 2 heteroatoms. The van der Waals surface area contributed by atoms with Crippen LogP contribution in [0.15, 0.2) is 11.6 Å². The van der Waals surface area contributed by atoms with E-state index in [2.05, 4.69) is 13.8 Å². The van der Waals surface area contributed by atoms with Gasteiger partial charge >= 0.3 is 0 Å². The maximum atomic E-state index is 11.4. The third kappa shape index (κ3) is 1.58. The van der Waals surface area contributed by atoms with Gasteiger partial charge in [0.05, 0.1) is 0 Å². The molecule has 1 atom stereocenters. The molecule has 0 spiro atoms. The van der Waals surface area contributed by atoms with Gasteiger partial charge in [-0.1, -0.05) is 19.9 Å².